The van der Waals surface area contributed by atoms with Gasteiger partial charge < -0.3 is 10.6 Å². The number of nitrogens with two attached hydrogens (primary N) is 1. The molecule has 0 radical (unpaired) electrons. The number of anilines is 1. The third kappa shape index (κ3) is 3.81. The Kier molecular flexibility index (Phi) is 5.43. The number of nitrogen functional groups attached to an aromatic ring is 1. The SMILES string of the molecule is Nc1c(C(=O)N2CCCCCC2)sc2nc(-c3ccccc3)cc(-c3ccccc3)c12. The van der Waals surface area contributed by atoms with Gasteiger partial charge in [0.15, 0.2) is 0 Å². The van der Waals surface area contributed by atoms with Crippen LogP contribution in [0.2, 0.25) is 0 Å². The van der Waals surface area contributed by atoms with Crippen LogP contribution in [0.5, 0.6) is 0 Å². The Morgan fingerprint density at radius 3 is 2.13 bits per heavy atom. The lowest BCUT2D eigenvalue weighted by Gasteiger charge is -2.19. The first kappa shape index (κ1) is 19.8. The molecule has 2 aromatic carbocycles. The molecule has 1 fully saturated rings. The van der Waals surface area contributed by atoms with E-state index in [1.807, 2.05) is 41.3 Å². The van der Waals surface area contributed by atoms with Gasteiger partial charge in [-0.25, -0.2) is 4.98 Å². The molecule has 0 unspecified atom stereocenters. The highest BCUT2D eigenvalue weighted by atomic mass is 32.1. The molecule has 31 heavy (non-hydrogen) atoms. The molecular weight excluding hydrogens is 402 g/mol. The Morgan fingerprint density at radius 2 is 1.48 bits per heavy atom. The molecule has 0 saturated carbocycles. The van der Waals surface area contributed by atoms with E-state index < -0.39 is 0 Å². The summed E-state index contributed by atoms with van der Waals surface area (Å²) in [5.41, 5.74) is 11.2. The first-order chi connectivity index (χ1) is 15.2. The lowest BCUT2D eigenvalue weighted by Crippen LogP contribution is -2.31. The van der Waals surface area contributed by atoms with Crippen molar-refractivity contribution in [2.24, 2.45) is 0 Å². The number of nitrogens with zero attached hydrogens (tertiary/aromatic N) is 2. The Hall–Kier alpha value is -3.18. The summed E-state index contributed by atoms with van der Waals surface area (Å²) in [7, 11) is 0. The number of hydrogen-bond acceptors (Lipinski definition) is 4. The maximum absolute atomic E-state index is 13.4. The molecule has 1 aliphatic heterocycles. The minimum Gasteiger partial charge on any atom is -0.397 e. The lowest BCUT2D eigenvalue weighted by molar-refractivity contribution is 0.0767. The van der Waals surface area contributed by atoms with Gasteiger partial charge in [-0.3, -0.25) is 4.79 Å². The van der Waals surface area contributed by atoms with E-state index in [0.29, 0.717) is 10.6 Å². The van der Waals surface area contributed by atoms with E-state index in [2.05, 4.69) is 30.3 Å². The van der Waals surface area contributed by atoms with Crippen LogP contribution >= 0.6 is 11.3 Å². The van der Waals surface area contributed by atoms with Crippen molar-refractivity contribution < 1.29 is 4.79 Å². The van der Waals surface area contributed by atoms with Crippen LogP contribution in [-0.2, 0) is 0 Å². The molecule has 2 N–H and O–H groups in total. The van der Waals surface area contributed by atoms with Crippen molar-refractivity contribution in [1.82, 2.24) is 9.88 Å². The van der Waals surface area contributed by atoms with Crippen molar-refractivity contribution >= 4 is 33.1 Å². The van der Waals surface area contributed by atoms with E-state index in [1.165, 1.54) is 24.2 Å². The Morgan fingerprint density at radius 1 is 0.871 bits per heavy atom. The summed E-state index contributed by atoms with van der Waals surface area (Å²) in [4.78, 5) is 21.7. The second-order valence-electron chi connectivity index (χ2n) is 8.02. The van der Waals surface area contributed by atoms with Crippen LogP contribution in [0.1, 0.15) is 35.4 Å². The summed E-state index contributed by atoms with van der Waals surface area (Å²) in [5.74, 6) is 0.0441. The molecule has 0 spiro atoms. The first-order valence-electron chi connectivity index (χ1n) is 10.9. The molecule has 5 rings (SSSR count). The number of benzene rings is 2. The second-order valence-corrected chi connectivity index (χ2v) is 9.02. The number of hydrogen-bond donors (Lipinski definition) is 1. The highest BCUT2D eigenvalue weighted by molar-refractivity contribution is 7.21. The standard InChI is InChI=1S/C26H25N3OS/c27-23-22-20(18-11-5-3-6-12-18)17-21(19-13-7-4-8-14-19)28-25(22)31-24(23)26(30)29-15-9-1-2-10-16-29/h3-8,11-14,17H,1-2,9-10,15-16,27H2. The molecule has 1 aliphatic rings. The molecule has 1 amide bonds. The number of carbonyl (C=O) groups excluding carboxylic acids is 1. The number of carbonyl (C=O) groups is 1. The average molecular weight is 428 g/mol. The number of thiophene rings is 1. The predicted molar refractivity (Wildman–Crippen MR) is 129 cm³/mol. The predicted octanol–water partition coefficient (Wildman–Crippen LogP) is 6.23. The quantitative estimate of drug-likeness (QED) is 0.422. The fourth-order valence-corrected chi connectivity index (χ4v) is 5.39. The van der Waals surface area contributed by atoms with Gasteiger partial charge in [0.2, 0.25) is 0 Å². The summed E-state index contributed by atoms with van der Waals surface area (Å²) >= 11 is 1.42. The number of fused-ring (bicyclic) bond motifs is 1. The second kappa shape index (κ2) is 8.52. The van der Waals surface area contributed by atoms with Crippen molar-refractivity contribution in [3.8, 4) is 22.4 Å². The van der Waals surface area contributed by atoms with Crippen molar-refractivity contribution in [2.75, 3.05) is 18.8 Å². The molecule has 4 nitrogen and oxygen atoms in total. The van der Waals surface area contributed by atoms with Crippen molar-refractivity contribution in [1.29, 1.82) is 0 Å². The molecule has 5 heteroatoms. The maximum atomic E-state index is 13.4. The van der Waals surface area contributed by atoms with Crippen LogP contribution in [0.15, 0.2) is 66.7 Å². The molecule has 0 aliphatic carbocycles. The number of pyridine rings is 1. The van der Waals surface area contributed by atoms with Crippen LogP contribution in [-0.4, -0.2) is 28.9 Å². The summed E-state index contributed by atoms with van der Waals surface area (Å²) in [5, 5.41) is 0.883. The van der Waals surface area contributed by atoms with Gasteiger partial charge in [0.05, 0.1) is 11.4 Å². The van der Waals surface area contributed by atoms with Gasteiger partial charge in [0.1, 0.15) is 9.71 Å². The van der Waals surface area contributed by atoms with Crippen LogP contribution in [0, 0.1) is 0 Å². The minimum atomic E-state index is 0.0441. The van der Waals surface area contributed by atoms with E-state index in [-0.39, 0.29) is 5.91 Å². The molecule has 0 bridgehead atoms. The molecule has 1 saturated heterocycles. The number of amides is 1. The van der Waals surface area contributed by atoms with Gasteiger partial charge >= 0.3 is 0 Å². The van der Waals surface area contributed by atoms with E-state index in [9.17, 15) is 4.79 Å². The van der Waals surface area contributed by atoms with Crippen LogP contribution < -0.4 is 5.73 Å². The van der Waals surface area contributed by atoms with E-state index in [0.717, 1.165) is 58.5 Å². The first-order valence-corrected chi connectivity index (χ1v) is 11.7. The monoisotopic (exact) mass is 427 g/mol. The third-order valence-electron chi connectivity index (χ3n) is 5.94. The third-order valence-corrected chi connectivity index (χ3v) is 7.03. The molecule has 156 valence electrons. The van der Waals surface area contributed by atoms with Gasteiger partial charge in [-0.15, -0.1) is 11.3 Å². The van der Waals surface area contributed by atoms with Gasteiger partial charge in [-0.1, -0.05) is 73.5 Å². The van der Waals surface area contributed by atoms with Crippen LogP contribution in [0.4, 0.5) is 5.69 Å². The molecule has 3 heterocycles. The normalized spacial score (nSPS) is 14.5. The van der Waals surface area contributed by atoms with Gasteiger partial charge in [-0.05, 0) is 30.0 Å². The van der Waals surface area contributed by atoms with Crippen molar-refractivity contribution in [3.63, 3.8) is 0 Å². The lowest BCUT2D eigenvalue weighted by atomic mass is 9.99. The fourth-order valence-electron chi connectivity index (χ4n) is 4.30. The number of likely N-dealkylation sites (tertiary alicyclic amines) is 1. The Balaban J connectivity index is 1.68. The van der Waals surface area contributed by atoms with Gasteiger partial charge in [0, 0.05) is 24.0 Å². The Labute approximate surface area is 186 Å². The fraction of sp³-hybridized carbons (Fsp3) is 0.231. The summed E-state index contributed by atoms with van der Waals surface area (Å²) < 4.78 is 0. The topological polar surface area (TPSA) is 59.2 Å². The summed E-state index contributed by atoms with van der Waals surface area (Å²) in [6.07, 6.45) is 4.49. The maximum Gasteiger partial charge on any atom is 0.266 e. The van der Waals surface area contributed by atoms with Gasteiger partial charge in [-0.2, -0.15) is 0 Å². The average Bonchev–Trinajstić information content (AvgIpc) is 2.98. The van der Waals surface area contributed by atoms with Crippen LogP contribution in [0.3, 0.4) is 0 Å². The highest BCUT2D eigenvalue weighted by Crippen LogP contribution is 2.41. The molecule has 4 aromatic rings. The number of rotatable bonds is 3. The molecule has 0 atom stereocenters. The van der Waals surface area contributed by atoms with E-state index in [4.69, 9.17) is 10.7 Å². The van der Waals surface area contributed by atoms with Crippen molar-refractivity contribution in [2.45, 2.75) is 25.7 Å². The molecular formula is C26H25N3OS. The highest BCUT2D eigenvalue weighted by Gasteiger charge is 2.25. The van der Waals surface area contributed by atoms with E-state index >= 15 is 0 Å². The zero-order valence-corrected chi connectivity index (χ0v) is 18.2. The Bertz CT molecular complexity index is 1210. The number of aromatic nitrogens is 1. The molecule has 2 aromatic heterocycles. The zero-order chi connectivity index (χ0) is 21.2. The smallest absolute Gasteiger partial charge is 0.266 e. The zero-order valence-electron chi connectivity index (χ0n) is 17.4. The van der Waals surface area contributed by atoms with Gasteiger partial charge in [0.25, 0.3) is 5.91 Å². The van der Waals surface area contributed by atoms with Crippen molar-refractivity contribution in [3.05, 3.63) is 71.6 Å². The summed E-state index contributed by atoms with van der Waals surface area (Å²) in [6, 6.07) is 22.5. The van der Waals surface area contributed by atoms with Crippen LogP contribution in [0.25, 0.3) is 32.6 Å². The minimum absolute atomic E-state index is 0.0441. The largest absolute Gasteiger partial charge is 0.397 e. The summed E-state index contributed by atoms with van der Waals surface area (Å²) in [6.45, 7) is 1.61. The van der Waals surface area contributed by atoms with E-state index in [1.54, 1.807) is 0 Å².